The largest absolute Gasteiger partial charge is 0.497 e. The fourth-order valence-electron chi connectivity index (χ4n) is 3.03. The van der Waals surface area contributed by atoms with Crippen LogP contribution in [0.4, 0.5) is 0 Å². The summed E-state index contributed by atoms with van der Waals surface area (Å²) in [6.07, 6.45) is 0. The highest BCUT2D eigenvalue weighted by Gasteiger charge is 2.37. The Morgan fingerprint density at radius 1 is 0.581 bits per heavy atom. The van der Waals surface area contributed by atoms with E-state index in [1.54, 1.807) is 64.7 Å². The summed E-state index contributed by atoms with van der Waals surface area (Å²) in [5, 5.41) is 0. The van der Waals surface area contributed by atoms with Gasteiger partial charge in [0.1, 0.15) is 17.2 Å². The van der Waals surface area contributed by atoms with Gasteiger partial charge in [-0.2, -0.15) is 8.42 Å². The molecule has 0 spiro atoms. The molecule has 3 rings (SSSR count). The average molecular weight is 463 g/mol. The van der Waals surface area contributed by atoms with E-state index in [0.29, 0.717) is 17.2 Å². The standard InChI is InChI=1S/C23H26O6S2/c1-5-30(24,25)29-31(21-12-6-18(26-2)7-13-21,22-14-8-19(27-3)9-15-22)23-16-10-20(28-4)11-17-23/h6-17H,5H2,1-4H3. The molecule has 0 aliphatic heterocycles. The highest BCUT2D eigenvalue weighted by atomic mass is 32.3. The summed E-state index contributed by atoms with van der Waals surface area (Å²) in [4.78, 5) is 2.17. The minimum absolute atomic E-state index is 0.149. The van der Waals surface area contributed by atoms with Crippen molar-refractivity contribution in [2.75, 3.05) is 27.1 Å². The Kier molecular flexibility index (Phi) is 7.15. The molecule has 166 valence electrons. The smallest absolute Gasteiger partial charge is 0.277 e. The predicted octanol–water partition coefficient (Wildman–Crippen LogP) is 5.28. The van der Waals surface area contributed by atoms with Crippen LogP contribution in [-0.4, -0.2) is 35.5 Å². The van der Waals surface area contributed by atoms with Crippen molar-refractivity contribution in [3.63, 3.8) is 0 Å². The van der Waals surface area contributed by atoms with E-state index in [9.17, 15) is 8.42 Å². The van der Waals surface area contributed by atoms with Gasteiger partial charge in [0.15, 0.2) is 0 Å². The van der Waals surface area contributed by atoms with Crippen LogP contribution >= 0.6 is 10.3 Å². The van der Waals surface area contributed by atoms with Crippen LogP contribution in [0.3, 0.4) is 0 Å². The fourth-order valence-corrected chi connectivity index (χ4v) is 7.98. The molecular formula is C23H26O6S2. The monoisotopic (exact) mass is 462 g/mol. The van der Waals surface area contributed by atoms with Crippen molar-refractivity contribution in [1.29, 1.82) is 0 Å². The zero-order valence-corrected chi connectivity index (χ0v) is 19.5. The molecule has 0 radical (unpaired) electrons. The molecule has 3 aromatic rings. The molecule has 0 fully saturated rings. The molecule has 31 heavy (non-hydrogen) atoms. The minimum atomic E-state index is -3.83. The molecule has 0 aromatic heterocycles. The molecule has 0 aliphatic rings. The van der Waals surface area contributed by atoms with Gasteiger partial charge in [0.25, 0.3) is 10.1 Å². The van der Waals surface area contributed by atoms with Gasteiger partial charge in [-0.05, 0) is 90.0 Å². The number of hydrogen-bond donors (Lipinski definition) is 0. The summed E-state index contributed by atoms with van der Waals surface area (Å²) in [6, 6.07) is 21.8. The maximum Gasteiger partial charge on any atom is 0.277 e. The van der Waals surface area contributed by atoms with Gasteiger partial charge in [0.05, 0.1) is 27.1 Å². The molecule has 3 aromatic carbocycles. The van der Waals surface area contributed by atoms with Gasteiger partial charge >= 0.3 is 0 Å². The van der Waals surface area contributed by atoms with Crippen LogP contribution in [-0.2, 0) is 13.7 Å². The van der Waals surface area contributed by atoms with Crippen LogP contribution in [0, 0.1) is 0 Å². The van der Waals surface area contributed by atoms with Gasteiger partial charge < -0.3 is 14.2 Å². The van der Waals surface area contributed by atoms with Gasteiger partial charge in [0.2, 0.25) is 0 Å². The Labute approximate surface area is 185 Å². The van der Waals surface area contributed by atoms with Gasteiger partial charge in [-0.15, -0.1) is 0 Å². The third-order valence-corrected chi connectivity index (χ3v) is 9.89. The van der Waals surface area contributed by atoms with Crippen molar-refractivity contribution in [3.05, 3.63) is 72.8 Å². The van der Waals surface area contributed by atoms with E-state index < -0.39 is 20.4 Å². The Balaban J connectivity index is 2.34. The van der Waals surface area contributed by atoms with E-state index in [1.807, 2.05) is 36.4 Å². The lowest BCUT2D eigenvalue weighted by Gasteiger charge is -2.39. The quantitative estimate of drug-likeness (QED) is 0.431. The summed E-state index contributed by atoms with van der Waals surface area (Å²) >= 11 is 0. The average Bonchev–Trinajstić information content (AvgIpc) is 2.83. The number of methoxy groups -OCH3 is 3. The lowest BCUT2D eigenvalue weighted by Crippen LogP contribution is -2.15. The summed E-state index contributed by atoms with van der Waals surface area (Å²) < 4.78 is 47.6. The maximum absolute atomic E-state index is 12.8. The van der Waals surface area contributed by atoms with Crippen molar-refractivity contribution < 1.29 is 26.3 Å². The molecule has 0 aliphatic carbocycles. The van der Waals surface area contributed by atoms with Crippen molar-refractivity contribution in [2.24, 2.45) is 0 Å². The van der Waals surface area contributed by atoms with Gasteiger partial charge in [-0.3, -0.25) is 0 Å². The first-order valence-corrected chi connectivity index (χ1v) is 12.7. The SMILES string of the molecule is CCS(=O)(=O)OS(c1ccc(OC)cc1)(c1ccc(OC)cc1)c1ccc(OC)cc1. The van der Waals surface area contributed by atoms with E-state index in [2.05, 4.69) is 0 Å². The summed E-state index contributed by atoms with van der Waals surface area (Å²) in [6.45, 7) is 1.57. The summed E-state index contributed by atoms with van der Waals surface area (Å²) in [5.41, 5.74) is 0. The lowest BCUT2D eigenvalue weighted by molar-refractivity contribution is 0.414. The van der Waals surface area contributed by atoms with E-state index >= 15 is 0 Å². The highest BCUT2D eigenvalue weighted by Crippen LogP contribution is 2.70. The van der Waals surface area contributed by atoms with Gasteiger partial charge in [-0.25, -0.2) is 3.63 Å². The molecule has 0 atom stereocenters. The normalized spacial score (nSPS) is 12.3. The molecule has 0 saturated carbocycles. The van der Waals surface area contributed by atoms with Crippen LogP contribution in [0.2, 0.25) is 0 Å². The molecule has 8 heteroatoms. The first-order valence-electron chi connectivity index (χ1n) is 9.58. The molecule has 0 amide bonds. The van der Waals surface area contributed by atoms with Gasteiger partial charge in [-0.1, -0.05) is 0 Å². The third kappa shape index (κ3) is 4.81. The number of benzene rings is 3. The first kappa shape index (κ1) is 23.0. The number of hydrogen-bond acceptors (Lipinski definition) is 6. The minimum Gasteiger partial charge on any atom is -0.497 e. The molecule has 0 heterocycles. The zero-order chi connectivity index (χ0) is 22.5. The second-order valence-electron chi connectivity index (χ2n) is 6.50. The molecular weight excluding hydrogens is 436 g/mol. The lowest BCUT2D eigenvalue weighted by atomic mass is 10.3. The van der Waals surface area contributed by atoms with E-state index in [-0.39, 0.29) is 5.75 Å². The van der Waals surface area contributed by atoms with Crippen LogP contribution in [0.5, 0.6) is 17.2 Å². The Hall–Kier alpha value is -2.68. The molecule has 0 saturated heterocycles. The van der Waals surface area contributed by atoms with Gasteiger partial charge in [0, 0.05) is 14.7 Å². The second-order valence-corrected chi connectivity index (χ2v) is 11.3. The molecule has 0 bridgehead atoms. The number of ether oxygens (including phenoxy) is 3. The molecule has 0 unspecified atom stereocenters. The Bertz CT molecular complexity index is 977. The van der Waals surface area contributed by atoms with Crippen molar-refractivity contribution >= 4 is 20.4 Å². The third-order valence-electron chi connectivity index (χ3n) is 4.73. The summed E-state index contributed by atoms with van der Waals surface area (Å²) in [5.74, 6) is 1.85. The van der Waals surface area contributed by atoms with Crippen LogP contribution in [0.1, 0.15) is 6.92 Å². The first-order chi connectivity index (χ1) is 14.9. The number of rotatable bonds is 9. The Morgan fingerprint density at radius 3 is 1.10 bits per heavy atom. The second kappa shape index (κ2) is 9.64. The van der Waals surface area contributed by atoms with E-state index in [1.165, 1.54) is 0 Å². The van der Waals surface area contributed by atoms with E-state index in [4.69, 9.17) is 17.8 Å². The maximum atomic E-state index is 12.8. The summed E-state index contributed by atoms with van der Waals surface area (Å²) in [7, 11) is -1.71. The zero-order valence-electron chi connectivity index (χ0n) is 17.9. The fraction of sp³-hybridized carbons (Fsp3) is 0.217. The van der Waals surface area contributed by atoms with Crippen molar-refractivity contribution in [2.45, 2.75) is 21.6 Å². The van der Waals surface area contributed by atoms with Crippen LogP contribution in [0.25, 0.3) is 0 Å². The Morgan fingerprint density at radius 2 is 0.871 bits per heavy atom. The topological polar surface area (TPSA) is 71.1 Å². The van der Waals surface area contributed by atoms with Crippen molar-refractivity contribution in [3.8, 4) is 17.2 Å². The van der Waals surface area contributed by atoms with E-state index in [0.717, 1.165) is 14.7 Å². The highest BCUT2D eigenvalue weighted by molar-refractivity contribution is 8.33. The molecule has 6 nitrogen and oxygen atoms in total. The van der Waals surface area contributed by atoms with Crippen LogP contribution < -0.4 is 14.2 Å². The predicted molar refractivity (Wildman–Crippen MR) is 122 cm³/mol. The molecule has 0 N–H and O–H groups in total. The van der Waals surface area contributed by atoms with Crippen LogP contribution in [0.15, 0.2) is 87.5 Å². The van der Waals surface area contributed by atoms with Crippen molar-refractivity contribution in [1.82, 2.24) is 0 Å².